The van der Waals surface area contributed by atoms with Crippen molar-refractivity contribution in [1.82, 2.24) is 4.90 Å². The summed E-state index contributed by atoms with van der Waals surface area (Å²) in [5, 5.41) is 10.5. The van der Waals surface area contributed by atoms with Crippen LogP contribution in [0.3, 0.4) is 0 Å². The van der Waals surface area contributed by atoms with Gasteiger partial charge in [-0.05, 0) is 50.3 Å². The number of carbonyl (C=O) groups excluding carboxylic acids is 1. The van der Waals surface area contributed by atoms with Crippen LogP contribution in [0.1, 0.15) is 51.0 Å². The van der Waals surface area contributed by atoms with Gasteiger partial charge in [0.15, 0.2) is 11.5 Å². The number of benzene rings is 1. The van der Waals surface area contributed by atoms with Crippen LogP contribution in [0.5, 0.6) is 11.5 Å². The predicted octanol–water partition coefficient (Wildman–Crippen LogP) is 3.57. The zero-order valence-corrected chi connectivity index (χ0v) is 16.7. The van der Waals surface area contributed by atoms with Crippen molar-refractivity contribution in [2.24, 2.45) is 5.41 Å². The van der Waals surface area contributed by atoms with Gasteiger partial charge in [-0.1, -0.05) is 13.0 Å². The van der Waals surface area contributed by atoms with Crippen molar-refractivity contribution in [3.63, 3.8) is 0 Å². The standard InChI is InChI=1S/C21H31NO5/c1-14(23)21(2)13-22(20(24)26-4)12-17(21)15-9-10-18(25-3)19(11-15)27-16-7-5-6-8-16/h9-11,14,16-17,23H,5-8,12-13H2,1-4H3/t14-,17?,21-/m1/s1. The Hall–Kier alpha value is -1.95. The van der Waals surface area contributed by atoms with E-state index in [4.69, 9.17) is 14.2 Å². The van der Waals surface area contributed by atoms with Gasteiger partial charge in [-0.3, -0.25) is 0 Å². The Labute approximate surface area is 161 Å². The minimum Gasteiger partial charge on any atom is -0.493 e. The summed E-state index contributed by atoms with van der Waals surface area (Å²) >= 11 is 0. The summed E-state index contributed by atoms with van der Waals surface area (Å²) in [6.07, 6.45) is 3.83. The molecule has 1 unspecified atom stereocenters. The van der Waals surface area contributed by atoms with Gasteiger partial charge in [0.05, 0.1) is 26.4 Å². The minimum atomic E-state index is -0.571. The first-order valence-corrected chi connectivity index (χ1v) is 9.74. The van der Waals surface area contributed by atoms with Crippen molar-refractivity contribution in [3.05, 3.63) is 23.8 Å². The van der Waals surface area contributed by atoms with Crippen molar-refractivity contribution in [2.75, 3.05) is 27.3 Å². The number of amides is 1. The second-order valence-corrected chi connectivity index (χ2v) is 8.02. The molecule has 1 amide bonds. The van der Waals surface area contributed by atoms with E-state index in [0.29, 0.717) is 18.8 Å². The van der Waals surface area contributed by atoms with E-state index in [2.05, 4.69) is 0 Å². The summed E-state index contributed by atoms with van der Waals surface area (Å²) in [6, 6.07) is 5.94. The molecule has 1 aromatic rings. The third-order valence-corrected chi connectivity index (χ3v) is 6.30. The Morgan fingerprint density at radius 3 is 2.56 bits per heavy atom. The Balaban J connectivity index is 1.91. The molecule has 0 radical (unpaired) electrons. The summed E-state index contributed by atoms with van der Waals surface area (Å²) in [7, 11) is 3.03. The fourth-order valence-electron chi connectivity index (χ4n) is 4.38. The van der Waals surface area contributed by atoms with Crippen LogP contribution in [0.15, 0.2) is 18.2 Å². The molecule has 1 heterocycles. The highest BCUT2D eigenvalue weighted by Crippen LogP contribution is 2.47. The van der Waals surface area contributed by atoms with Gasteiger partial charge in [-0.25, -0.2) is 4.79 Å². The maximum atomic E-state index is 12.1. The summed E-state index contributed by atoms with van der Waals surface area (Å²) in [5.74, 6) is 1.44. The van der Waals surface area contributed by atoms with Gasteiger partial charge in [0.2, 0.25) is 0 Å². The topological polar surface area (TPSA) is 68.2 Å². The first kappa shape index (κ1) is 19.8. The van der Waals surface area contributed by atoms with Gasteiger partial charge in [0.1, 0.15) is 0 Å². The van der Waals surface area contributed by atoms with Crippen molar-refractivity contribution in [1.29, 1.82) is 0 Å². The maximum Gasteiger partial charge on any atom is 0.409 e. The first-order valence-electron chi connectivity index (χ1n) is 9.74. The number of aliphatic hydroxyl groups is 1. The van der Waals surface area contributed by atoms with Crippen LogP contribution in [0.25, 0.3) is 0 Å². The van der Waals surface area contributed by atoms with E-state index >= 15 is 0 Å². The van der Waals surface area contributed by atoms with Crippen LogP contribution in [0.4, 0.5) is 4.79 Å². The number of rotatable bonds is 5. The fraction of sp³-hybridized carbons (Fsp3) is 0.667. The van der Waals surface area contributed by atoms with Gasteiger partial charge in [-0.15, -0.1) is 0 Å². The van der Waals surface area contributed by atoms with Gasteiger partial charge in [0, 0.05) is 24.4 Å². The highest BCUT2D eigenvalue weighted by molar-refractivity contribution is 5.68. The zero-order chi connectivity index (χ0) is 19.6. The number of methoxy groups -OCH3 is 2. The van der Waals surface area contributed by atoms with Crippen LogP contribution in [0.2, 0.25) is 0 Å². The molecule has 2 fully saturated rings. The van der Waals surface area contributed by atoms with E-state index in [9.17, 15) is 9.90 Å². The highest BCUT2D eigenvalue weighted by atomic mass is 16.5. The first-order chi connectivity index (χ1) is 12.9. The van der Waals surface area contributed by atoms with E-state index in [-0.39, 0.29) is 18.1 Å². The second kappa shape index (κ2) is 7.97. The van der Waals surface area contributed by atoms with Gasteiger partial charge < -0.3 is 24.2 Å². The molecule has 6 nitrogen and oxygen atoms in total. The normalized spacial score (nSPS) is 26.9. The van der Waals surface area contributed by atoms with Crippen molar-refractivity contribution in [3.8, 4) is 11.5 Å². The lowest BCUT2D eigenvalue weighted by Crippen LogP contribution is -2.38. The smallest absolute Gasteiger partial charge is 0.409 e. The SMILES string of the molecule is COC(=O)N1CC(c2ccc(OC)c(OC3CCCC3)c2)[C@@](C)([C@@H](C)O)C1. The van der Waals surface area contributed by atoms with Crippen LogP contribution in [-0.2, 0) is 4.74 Å². The molecule has 1 aromatic carbocycles. The molecular weight excluding hydrogens is 346 g/mol. The monoisotopic (exact) mass is 377 g/mol. The van der Waals surface area contributed by atoms with Crippen molar-refractivity contribution >= 4 is 6.09 Å². The minimum absolute atomic E-state index is 0.0200. The van der Waals surface area contributed by atoms with Crippen LogP contribution < -0.4 is 9.47 Å². The molecule has 1 aliphatic heterocycles. The molecule has 0 spiro atoms. The lowest BCUT2D eigenvalue weighted by Gasteiger charge is -2.33. The Morgan fingerprint density at radius 1 is 1.26 bits per heavy atom. The van der Waals surface area contributed by atoms with E-state index in [0.717, 1.165) is 24.2 Å². The number of aliphatic hydroxyl groups excluding tert-OH is 1. The molecule has 3 rings (SSSR count). The fourth-order valence-corrected chi connectivity index (χ4v) is 4.38. The molecular formula is C21H31NO5. The lowest BCUT2D eigenvalue weighted by molar-refractivity contribution is 0.0470. The van der Waals surface area contributed by atoms with E-state index in [1.807, 2.05) is 25.1 Å². The molecule has 1 N–H and O–H groups in total. The lowest BCUT2D eigenvalue weighted by atomic mass is 9.72. The number of likely N-dealkylation sites (tertiary alicyclic amines) is 1. The van der Waals surface area contributed by atoms with Crippen LogP contribution in [-0.4, -0.2) is 55.6 Å². The van der Waals surface area contributed by atoms with Crippen molar-refractivity contribution < 1.29 is 24.1 Å². The predicted molar refractivity (Wildman–Crippen MR) is 102 cm³/mol. The third-order valence-electron chi connectivity index (χ3n) is 6.30. The Kier molecular flexibility index (Phi) is 5.84. The molecule has 0 aromatic heterocycles. The molecule has 0 bridgehead atoms. The molecule has 1 saturated heterocycles. The molecule has 6 heteroatoms. The van der Waals surface area contributed by atoms with Gasteiger partial charge in [0.25, 0.3) is 0 Å². The van der Waals surface area contributed by atoms with E-state index < -0.39 is 11.5 Å². The number of nitrogens with zero attached hydrogens (tertiary/aromatic N) is 1. The Morgan fingerprint density at radius 2 is 1.96 bits per heavy atom. The number of hydrogen-bond acceptors (Lipinski definition) is 5. The third kappa shape index (κ3) is 3.86. The zero-order valence-electron chi connectivity index (χ0n) is 16.7. The summed E-state index contributed by atoms with van der Waals surface area (Å²) in [6.45, 7) is 4.76. The average Bonchev–Trinajstić information content (AvgIpc) is 3.29. The number of carbonyl (C=O) groups is 1. The molecule has 27 heavy (non-hydrogen) atoms. The molecule has 2 aliphatic rings. The Bertz CT molecular complexity index is 671. The van der Waals surface area contributed by atoms with Gasteiger partial charge in [-0.2, -0.15) is 0 Å². The maximum absolute atomic E-state index is 12.1. The second-order valence-electron chi connectivity index (χ2n) is 8.02. The molecule has 150 valence electrons. The number of ether oxygens (including phenoxy) is 3. The van der Waals surface area contributed by atoms with E-state index in [1.165, 1.54) is 20.0 Å². The average molecular weight is 377 g/mol. The molecule has 1 aliphatic carbocycles. The van der Waals surface area contributed by atoms with Crippen LogP contribution in [0, 0.1) is 5.41 Å². The summed E-state index contributed by atoms with van der Waals surface area (Å²) < 4.78 is 16.6. The van der Waals surface area contributed by atoms with E-state index in [1.54, 1.807) is 18.9 Å². The van der Waals surface area contributed by atoms with Crippen molar-refractivity contribution in [2.45, 2.75) is 57.7 Å². The van der Waals surface area contributed by atoms with Crippen LogP contribution >= 0.6 is 0 Å². The summed E-state index contributed by atoms with van der Waals surface area (Å²) in [5.41, 5.74) is 0.575. The summed E-state index contributed by atoms with van der Waals surface area (Å²) in [4.78, 5) is 13.7. The van der Waals surface area contributed by atoms with Gasteiger partial charge >= 0.3 is 6.09 Å². The molecule has 1 saturated carbocycles. The highest BCUT2D eigenvalue weighted by Gasteiger charge is 2.48. The molecule has 3 atom stereocenters. The quantitative estimate of drug-likeness (QED) is 0.850. The largest absolute Gasteiger partial charge is 0.493 e. The number of hydrogen-bond donors (Lipinski definition) is 1.